The van der Waals surface area contributed by atoms with Gasteiger partial charge in [0, 0.05) is 33.9 Å². The minimum atomic E-state index is 0.637. The molecule has 0 radical (unpaired) electrons. The van der Waals surface area contributed by atoms with E-state index in [1.807, 2.05) is 30.3 Å². The number of rotatable bonds is 5. The molecule has 0 unspecified atom stereocenters. The fraction of sp³-hybridized carbons (Fsp3) is 0. The lowest BCUT2D eigenvalue weighted by atomic mass is 9.95. The fourth-order valence-electron chi connectivity index (χ4n) is 6.47. The van der Waals surface area contributed by atoms with Crippen molar-refractivity contribution < 1.29 is 0 Å². The highest BCUT2D eigenvalue weighted by molar-refractivity contribution is 6.02. The Kier molecular flexibility index (Phi) is 6.87. The van der Waals surface area contributed by atoms with E-state index in [9.17, 15) is 5.26 Å². The second-order valence-corrected chi connectivity index (χ2v) is 11.3. The molecule has 216 valence electrons. The standard InChI is InChI=1S/C43H29N3/c44-30-31-18-22-34(23-19-31)45(35-24-20-33(21-25-35)32-10-2-1-3-11-32)36-26-28-37(29-27-36)46-42-16-8-6-14-40(42)38-12-4-5-13-39(38)41-15-7-9-17-43(41)46/h1-29H. The minimum absolute atomic E-state index is 0.637. The maximum absolute atomic E-state index is 9.44. The highest BCUT2D eigenvalue weighted by Crippen LogP contribution is 2.50. The van der Waals surface area contributed by atoms with Gasteiger partial charge >= 0.3 is 0 Å². The fourth-order valence-corrected chi connectivity index (χ4v) is 6.47. The molecule has 0 aliphatic carbocycles. The summed E-state index contributed by atoms with van der Waals surface area (Å²) in [5.74, 6) is 0. The average molecular weight is 588 g/mol. The molecule has 7 aromatic carbocycles. The van der Waals surface area contributed by atoms with Gasteiger partial charge in [0.05, 0.1) is 23.0 Å². The number of hydrogen-bond acceptors (Lipinski definition) is 3. The summed E-state index contributed by atoms with van der Waals surface area (Å²) in [4.78, 5) is 4.61. The molecule has 0 atom stereocenters. The van der Waals surface area contributed by atoms with Gasteiger partial charge in [0.25, 0.3) is 0 Å². The topological polar surface area (TPSA) is 30.3 Å². The van der Waals surface area contributed by atoms with Crippen molar-refractivity contribution in [2.75, 3.05) is 9.80 Å². The first kappa shape index (κ1) is 27.2. The Morgan fingerprint density at radius 3 is 1.33 bits per heavy atom. The van der Waals surface area contributed by atoms with E-state index in [4.69, 9.17) is 0 Å². The Hall–Kier alpha value is -6.37. The Morgan fingerprint density at radius 1 is 0.391 bits per heavy atom. The van der Waals surface area contributed by atoms with Gasteiger partial charge in [-0.1, -0.05) is 103 Å². The summed E-state index contributed by atoms with van der Waals surface area (Å²) < 4.78 is 0. The molecule has 8 rings (SSSR count). The van der Waals surface area contributed by atoms with Gasteiger partial charge < -0.3 is 9.80 Å². The molecular formula is C43H29N3. The van der Waals surface area contributed by atoms with Crippen LogP contribution in [0.4, 0.5) is 34.1 Å². The van der Waals surface area contributed by atoms with Crippen molar-refractivity contribution in [2.24, 2.45) is 0 Å². The smallest absolute Gasteiger partial charge is 0.0991 e. The predicted molar refractivity (Wildman–Crippen MR) is 190 cm³/mol. The Labute approximate surface area is 269 Å². The molecule has 0 fully saturated rings. The lowest BCUT2D eigenvalue weighted by molar-refractivity contribution is 1.26. The van der Waals surface area contributed by atoms with Crippen molar-refractivity contribution in [3.63, 3.8) is 0 Å². The molecular weight excluding hydrogens is 558 g/mol. The first-order chi connectivity index (χ1) is 22.8. The summed E-state index contributed by atoms with van der Waals surface area (Å²) in [6.07, 6.45) is 0. The number of nitriles is 1. The van der Waals surface area contributed by atoms with Crippen LogP contribution in [0.3, 0.4) is 0 Å². The van der Waals surface area contributed by atoms with Crippen LogP contribution in [0.2, 0.25) is 0 Å². The van der Waals surface area contributed by atoms with Crippen molar-refractivity contribution in [1.29, 1.82) is 5.26 Å². The van der Waals surface area contributed by atoms with Crippen LogP contribution in [0.1, 0.15) is 5.56 Å². The average Bonchev–Trinajstić information content (AvgIpc) is 3.26. The lowest BCUT2D eigenvalue weighted by Crippen LogP contribution is -2.12. The third-order valence-electron chi connectivity index (χ3n) is 8.65. The van der Waals surface area contributed by atoms with Crippen molar-refractivity contribution >= 4 is 34.1 Å². The number of nitrogens with zero attached hydrogens (tertiary/aromatic N) is 3. The van der Waals surface area contributed by atoms with Gasteiger partial charge in [-0.15, -0.1) is 0 Å². The van der Waals surface area contributed by atoms with E-state index in [1.165, 1.54) is 33.4 Å². The molecule has 1 aliphatic rings. The second-order valence-electron chi connectivity index (χ2n) is 11.3. The molecule has 1 aliphatic heterocycles. The first-order valence-corrected chi connectivity index (χ1v) is 15.4. The highest BCUT2D eigenvalue weighted by atomic mass is 15.2. The molecule has 0 bridgehead atoms. The molecule has 3 heteroatoms. The SMILES string of the molecule is N#Cc1ccc(N(c2ccc(-c3ccccc3)cc2)c2ccc(N3c4ccccc4-c4ccccc4-c4ccccc43)cc2)cc1. The van der Waals surface area contributed by atoms with Crippen LogP contribution >= 0.6 is 0 Å². The normalized spacial score (nSPS) is 11.4. The molecule has 0 N–H and O–H groups in total. The summed E-state index contributed by atoms with van der Waals surface area (Å²) in [7, 11) is 0. The van der Waals surface area contributed by atoms with Gasteiger partial charge in [0.1, 0.15) is 0 Å². The van der Waals surface area contributed by atoms with Gasteiger partial charge in [-0.3, -0.25) is 0 Å². The van der Waals surface area contributed by atoms with Crippen LogP contribution in [0, 0.1) is 11.3 Å². The van der Waals surface area contributed by atoms with Crippen LogP contribution in [0.15, 0.2) is 176 Å². The monoisotopic (exact) mass is 587 g/mol. The van der Waals surface area contributed by atoms with E-state index in [1.54, 1.807) is 0 Å². The Bertz CT molecular complexity index is 2130. The van der Waals surface area contributed by atoms with Crippen LogP contribution in [0.25, 0.3) is 33.4 Å². The van der Waals surface area contributed by atoms with Crippen molar-refractivity contribution in [3.8, 4) is 39.4 Å². The largest absolute Gasteiger partial charge is 0.311 e. The van der Waals surface area contributed by atoms with E-state index < -0.39 is 0 Å². The first-order valence-electron chi connectivity index (χ1n) is 15.4. The van der Waals surface area contributed by atoms with E-state index in [-0.39, 0.29) is 0 Å². The number of benzene rings is 7. The van der Waals surface area contributed by atoms with Gasteiger partial charge in [-0.25, -0.2) is 0 Å². The number of fused-ring (bicyclic) bond motifs is 5. The van der Waals surface area contributed by atoms with Gasteiger partial charge in [0.2, 0.25) is 0 Å². The predicted octanol–water partition coefficient (Wildman–Crippen LogP) is 11.8. The number of hydrogen-bond donors (Lipinski definition) is 0. The summed E-state index contributed by atoms with van der Waals surface area (Å²) in [5.41, 5.74) is 14.3. The summed E-state index contributed by atoms with van der Waals surface area (Å²) in [5, 5.41) is 9.44. The minimum Gasteiger partial charge on any atom is -0.311 e. The van der Waals surface area contributed by atoms with Crippen molar-refractivity contribution in [3.05, 3.63) is 181 Å². The van der Waals surface area contributed by atoms with E-state index in [2.05, 4.69) is 161 Å². The molecule has 0 amide bonds. The maximum Gasteiger partial charge on any atom is 0.0991 e. The summed E-state index contributed by atoms with van der Waals surface area (Å²) in [6.45, 7) is 0. The van der Waals surface area contributed by atoms with E-state index >= 15 is 0 Å². The van der Waals surface area contributed by atoms with Crippen LogP contribution in [0.5, 0.6) is 0 Å². The zero-order valence-electron chi connectivity index (χ0n) is 25.1. The number of anilines is 6. The van der Waals surface area contributed by atoms with Gasteiger partial charge in [-0.2, -0.15) is 5.26 Å². The molecule has 7 aromatic rings. The van der Waals surface area contributed by atoms with Gasteiger partial charge in [0.15, 0.2) is 0 Å². The Morgan fingerprint density at radius 2 is 0.804 bits per heavy atom. The van der Waals surface area contributed by atoms with Crippen molar-refractivity contribution in [1.82, 2.24) is 0 Å². The quantitative estimate of drug-likeness (QED) is 0.201. The second kappa shape index (κ2) is 11.6. The molecule has 46 heavy (non-hydrogen) atoms. The summed E-state index contributed by atoms with van der Waals surface area (Å²) in [6, 6.07) is 63.8. The van der Waals surface area contributed by atoms with E-state index in [0.29, 0.717) is 5.56 Å². The Balaban J connectivity index is 1.24. The molecule has 1 heterocycles. The zero-order chi connectivity index (χ0) is 30.9. The van der Waals surface area contributed by atoms with E-state index in [0.717, 1.165) is 34.1 Å². The maximum atomic E-state index is 9.44. The number of para-hydroxylation sites is 2. The summed E-state index contributed by atoms with van der Waals surface area (Å²) >= 11 is 0. The van der Waals surface area contributed by atoms with Gasteiger partial charge in [-0.05, 0) is 95.1 Å². The van der Waals surface area contributed by atoms with Crippen LogP contribution < -0.4 is 9.80 Å². The molecule has 3 nitrogen and oxygen atoms in total. The van der Waals surface area contributed by atoms with Crippen molar-refractivity contribution in [2.45, 2.75) is 0 Å². The lowest BCUT2D eigenvalue weighted by Gasteiger charge is -2.29. The third-order valence-corrected chi connectivity index (χ3v) is 8.65. The molecule has 0 saturated heterocycles. The van der Waals surface area contributed by atoms with Crippen LogP contribution in [-0.4, -0.2) is 0 Å². The highest BCUT2D eigenvalue weighted by Gasteiger charge is 2.25. The molecule has 0 saturated carbocycles. The van der Waals surface area contributed by atoms with Crippen LogP contribution in [-0.2, 0) is 0 Å². The zero-order valence-corrected chi connectivity index (χ0v) is 25.1. The molecule has 0 aromatic heterocycles. The third kappa shape index (κ3) is 4.79. The molecule has 0 spiro atoms.